The lowest BCUT2D eigenvalue weighted by Gasteiger charge is -2.33. The van der Waals surface area contributed by atoms with Gasteiger partial charge in [-0.3, -0.25) is 9.59 Å². The number of nitrogens with two attached hydrogens (primary N) is 1. The van der Waals surface area contributed by atoms with E-state index in [4.69, 9.17) is 5.73 Å². The van der Waals surface area contributed by atoms with Crippen molar-refractivity contribution in [3.63, 3.8) is 0 Å². The summed E-state index contributed by atoms with van der Waals surface area (Å²) in [5.74, 6) is -1.05. The molecule has 0 radical (unpaired) electrons. The molecule has 204 valence electrons. The summed E-state index contributed by atoms with van der Waals surface area (Å²) in [6.07, 6.45) is -2.48. The SMILES string of the molecule is CC(C)(C)[C@H]1CCc2c(sc(NC(=O)c3nn4c(C(F)(F)F)cc(-c5ccccc5)nc4c3Br)c2C(N)=O)C1. The number of thiophene rings is 1. The van der Waals surface area contributed by atoms with Gasteiger partial charge in [0.05, 0.1) is 15.7 Å². The van der Waals surface area contributed by atoms with E-state index in [9.17, 15) is 22.8 Å². The van der Waals surface area contributed by atoms with Crippen LogP contribution in [0.3, 0.4) is 0 Å². The average Bonchev–Trinajstić information content (AvgIpc) is 3.39. The van der Waals surface area contributed by atoms with Crippen molar-refractivity contribution in [3.8, 4) is 11.3 Å². The third-order valence-electron chi connectivity index (χ3n) is 7.07. The highest BCUT2D eigenvalue weighted by Gasteiger charge is 2.37. The third kappa shape index (κ3) is 5.07. The minimum Gasteiger partial charge on any atom is -0.365 e. The van der Waals surface area contributed by atoms with E-state index in [1.54, 1.807) is 30.3 Å². The number of hydrogen-bond donors (Lipinski definition) is 2. The van der Waals surface area contributed by atoms with Crippen LogP contribution in [0.4, 0.5) is 18.2 Å². The second-order valence-corrected chi connectivity index (χ2v) is 12.5. The number of alkyl halides is 3. The number of carbonyl (C=O) groups excluding carboxylic acids is 2. The Morgan fingerprint density at radius 3 is 2.49 bits per heavy atom. The van der Waals surface area contributed by atoms with Crippen LogP contribution in [0.15, 0.2) is 40.9 Å². The molecule has 0 fully saturated rings. The molecule has 7 nitrogen and oxygen atoms in total. The lowest BCUT2D eigenvalue weighted by molar-refractivity contribution is -0.142. The maximum Gasteiger partial charge on any atom is 0.433 e. The standard InChI is InChI=1S/C27H25BrF3N5O2S/c1-26(2,3)14-9-10-15-17(11-14)39-25(19(15)22(32)37)34-24(38)21-20(28)23-33-16(13-7-5-4-6-8-13)12-18(27(29,30)31)36(23)35-21/h4-8,12,14H,9-11H2,1-3H3,(H2,32,37)(H,34,38)/t14-/m0/s1. The zero-order valence-electron chi connectivity index (χ0n) is 21.3. The van der Waals surface area contributed by atoms with Crippen LogP contribution < -0.4 is 11.1 Å². The van der Waals surface area contributed by atoms with E-state index in [2.05, 4.69) is 52.1 Å². The normalized spacial score (nSPS) is 15.8. The molecule has 39 heavy (non-hydrogen) atoms. The highest BCUT2D eigenvalue weighted by Crippen LogP contribution is 2.44. The minimum absolute atomic E-state index is 0.00183. The number of aromatic nitrogens is 3. The Morgan fingerprint density at radius 1 is 1.18 bits per heavy atom. The van der Waals surface area contributed by atoms with Crippen molar-refractivity contribution in [2.75, 3.05) is 5.32 Å². The van der Waals surface area contributed by atoms with Gasteiger partial charge in [0.2, 0.25) is 0 Å². The van der Waals surface area contributed by atoms with Gasteiger partial charge in [-0.1, -0.05) is 51.1 Å². The van der Waals surface area contributed by atoms with E-state index in [-0.39, 0.29) is 37.5 Å². The second kappa shape index (κ2) is 9.74. The number of nitrogens with zero attached hydrogens (tertiary/aromatic N) is 3. The molecule has 1 aliphatic rings. The Balaban J connectivity index is 1.56. The number of amides is 2. The summed E-state index contributed by atoms with van der Waals surface area (Å²) in [5.41, 5.74) is 5.86. The first-order valence-corrected chi connectivity index (χ1v) is 13.8. The van der Waals surface area contributed by atoms with Crippen LogP contribution in [0.2, 0.25) is 0 Å². The van der Waals surface area contributed by atoms with Crippen LogP contribution in [0.25, 0.3) is 16.9 Å². The summed E-state index contributed by atoms with van der Waals surface area (Å²) in [6, 6.07) is 9.32. The fourth-order valence-electron chi connectivity index (χ4n) is 4.93. The molecule has 1 atom stereocenters. The molecule has 2 amide bonds. The number of nitrogens with one attached hydrogen (secondary N) is 1. The summed E-state index contributed by atoms with van der Waals surface area (Å²) >= 11 is 4.52. The zero-order chi connectivity index (χ0) is 28.3. The molecular formula is C27H25BrF3N5O2S. The second-order valence-electron chi connectivity index (χ2n) is 10.6. The number of anilines is 1. The molecule has 0 saturated carbocycles. The molecule has 5 rings (SSSR count). The van der Waals surface area contributed by atoms with Crippen LogP contribution in [-0.2, 0) is 19.0 Å². The van der Waals surface area contributed by atoms with Gasteiger partial charge in [-0.05, 0) is 58.2 Å². The van der Waals surface area contributed by atoms with E-state index in [0.717, 1.165) is 29.3 Å². The molecule has 3 heterocycles. The molecule has 3 N–H and O–H groups in total. The monoisotopic (exact) mass is 619 g/mol. The highest BCUT2D eigenvalue weighted by atomic mass is 79.9. The van der Waals surface area contributed by atoms with Gasteiger partial charge in [-0.25, -0.2) is 9.50 Å². The molecule has 1 aliphatic carbocycles. The number of benzene rings is 1. The van der Waals surface area contributed by atoms with Gasteiger partial charge in [0.1, 0.15) is 5.00 Å². The van der Waals surface area contributed by atoms with Crippen LogP contribution in [0.1, 0.15) is 64.2 Å². The summed E-state index contributed by atoms with van der Waals surface area (Å²) in [5, 5.41) is 6.93. The minimum atomic E-state index is -4.76. The van der Waals surface area contributed by atoms with Gasteiger partial charge >= 0.3 is 6.18 Å². The van der Waals surface area contributed by atoms with Crippen LogP contribution in [-0.4, -0.2) is 26.4 Å². The fraction of sp³-hybridized carbons (Fsp3) is 0.333. The lowest BCUT2D eigenvalue weighted by atomic mass is 9.72. The topological polar surface area (TPSA) is 102 Å². The smallest absolute Gasteiger partial charge is 0.365 e. The molecule has 0 saturated heterocycles. The molecule has 0 bridgehead atoms. The quantitative estimate of drug-likeness (QED) is 0.264. The first-order valence-electron chi connectivity index (χ1n) is 12.2. The zero-order valence-corrected chi connectivity index (χ0v) is 23.7. The van der Waals surface area contributed by atoms with E-state index in [1.807, 2.05) is 0 Å². The summed E-state index contributed by atoms with van der Waals surface area (Å²) in [4.78, 5) is 31.1. The molecule has 0 spiro atoms. The van der Waals surface area contributed by atoms with Gasteiger partial charge in [-0.2, -0.15) is 18.3 Å². The Morgan fingerprint density at radius 2 is 1.87 bits per heavy atom. The molecule has 4 aromatic rings. The Hall–Kier alpha value is -3.25. The predicted octanol–water partition coefficient (Wildman–Crippen LogP) is 6.74. The maximum atomic E-state index is 14.0. The van der Waals surface area contributed by atoms with E-state index >= 15 is 0 Å². The predicted molar refractivity (Wildman–Crippen MR) is 147 cm³/mol. The molecule has 0 aliphatic heterocycles. The van der Waals surface area contributed by atoms with E-state index in [1.165, 1.54) is 11.3 Å². The van der Waals surface area contributed by atoms with E-state index in [0.29, 0.717) is 22.4 Å². The Bertz CT molecular complexity index is 1610. The first kappa shape index (κ1) is 27.3. The number of primary amides is 1. The highest BCUT2D eigenvalue weighted by molar-refractivity contribution is 9.10. The fourth-order valence-corrected chi connectivity index (χ4v) is 6.78. The van der Waals surface area contributed by atoms with Crippen molar-refractivity contribution in [2.45, 2.75) is 46.2 Å². The van der Waals surface area contributed by atoms with Crippen molar-refractivity contribution >= 4 is 49.7 Å². The number of rotatable bonds is 4. The van der Waals surface area contributed by atoms with Gasteiger partial charge in [0, 0.05) is 10.4 Å². The van der Waals surface area contributed by atoms with Crippen molar-refractivity contribution in [3.05, 3.63) is 68.3 Å². The van der Waals surface area contributed by atoms with Crippen molar-refractivity contribution in [1.29, 1.82) is 0 Å². The lowest BCUT2D eigenvalue weighted by Crippen LogP contribution is -2.27. The molecule has 0 unspecified atom stereocenters. The largest absolute Gasteiger partial charge is 0.433 e. The number of hydrogen-bond acceptors (Lipinski definition) is 5. The Labute approximate surface area is 234 Å². The number of halogens is 4. The summed E-state index contributed by atoms with van der Waals surface area (Å²) in [7, 11) is 0. The number of fused-ring (bicyclic) bond motifs is 2. The maximum absolute atomic E-state index is 14.0. The number of carbonyl (C=O) groups is 2. The van der Waals surface area contributed by atoms with Crippen molar-refractivity contribution in [2.24, 2.45) is 17.1 Å². The molecule has 1 aromatic carbocycles. The van der Waals surface area contributed by atoms with Gasteiger partial charge in [0.25, 0.3) is 11.8 Å². The molecule has 12 heteroatoms. The van der Waals surface area contributed by atoms with Gasteiger partial charge in [0.15, 0.2) is 17.0 Å². The Kier molecular flexibility index (Phi) is 6.82. The first-order chi connectivity index (χ1) is 18.3. The van der Waals surface area contributed by atoms with Crippen LogP contribution in [0, 0.1) is 11.3 Å². The summed E-state index contributed by atoms with van der Waals surface area (Å²) < 4.78 is 42.7. The van der Waals surface area contributed by atoms with Gasteiger partial charge in [-0.15, -0.1) is 11.3 Å². The third-order valence-corrected chi connectivity index (χ3v) is 8.97. The van der Waals surface area contributed by atoms with Gasteiger partial charge < -0.3 is 11.1 Å². The van der Waals surface area contributed by atoms with Crippen LogP contribution >= 0.6 is 27.3 Å². The van der Waals surface area contributed by atoms with E-state index < -0.39 is 23.7 Å². The average molecular weight is 620 g/mol. The molecule has 3 aromatic heterocycles. The van der Waals surface area contributed by atoms with Crippen molar-refractivity contribution < 1.29 is 22.8 Å². The summed E-state index contributed by atoms with van der Waals surface area (Å²) in [6.45, 7) is 6.50. The van der Waals surface area contributed by atoms with Crippen LogP contribution in [0.5, 0.6) is 0 Å². The molecular weight excluding hydrogens is 595 g/mol. The van der Waals surface area contributed by atoms with Crippen molar-refractivity contribution in [1.82, 2.24) is 14.6 Å².